The standard InChI is InChI=1S/C12H13N3O2/c1-7-3-4-10(17-2)8(5-7)9-6-11(13)14-15-12(9)16/h3-6H,1-2H3,(H2,13,14)(H,15,16). The van der Waals surface area contributed by atoms with Gasteiger partial charge in [0, 0.05) is 5.56 Å². The SMILES string of the molecule is COc1ccc(C)cc1-c1cc(N)n[nH]c1=O. The normalized spacial score (nSPS) is 10.2. The zero-order valence-electron chi connectivity index (χ0n) is 9.65. The van der Waals surface area contributed by atoms with Gasteiger partial charge in [0.2, 0.25) is 0 Å². The molecule has 88 valence electrons. The second-order valence-electron chi connectivity index (χ2n) is 3.74. The van der Waals surface area contributed by atoms with Crippen molar-refractivity contribution in [3.8, 4) is 16.9 Å². The molecule has 1 heterocycles. The van der Waals surface area contributed by atoms with Crippen molar-refractivity contribution in [2.24, 2.45) is 0 Å². The highest BCUT2D eigenvalue weighted by Crippen LogP contribution is 2.28. The third-order valence-corrected chi connectivity index (χ3v) is 2.47. The minimum absolute atomic E-state index is 0.267. The Morgan fingerprint density at radius 3 is 2.76 bits per heavy atom. The van der Waals surface area contributed by atoms with Crippen molar-refractivity contribution in [3.05, 3.63) is 40.2 Å². The molecule has 0 amide bonds. The minimum atomic E-state index is -0.289. The molecule has 0 saturated carbocycles. The monoisotopic (exact) mass is 231 g/mol. The number of rotatable bonds is 2. The Hall–Kier alpha value is -2.30. The van der Waals surface area contributed by atoms with E-state index >= 15 is 0 Å². The van der Waals surface area contributed by atoms with Crippen LogP contribution in [0.1, 0.15) is 5.56 Å². The first kappa shape index (κ1) is 11.2. The third-order valence-electron chi connectivity index (χ3n) is 2.47. The van der Waals surface area contributed by atoms with Crippen LogP contribution in [0.2, 0.25) is 0 Å². The Balaban J connectivity index is 2.71. The largest absolute Gasteiger partial charge is 0.496 e. The van der Waals surface area contributed by atoms with Gasteiger partial charge in [0.1, 0.15) is 11.6 Å². The van der Waals surface area contributed by atoms with E-state index in [1.807, 2.05) is 25.1 Å². The molecule has 2 aromatic rings. The molecule has 5 heteroatoms. The van der Waals surface area contributed by atoms with E-state index in [-0.39, 0.29) is 11.4 Å². The molecule has 0 bridgehead atoms. The van der Waals surface area contributed by atoms with Crippen LogP contribution in [-0.2, 0) is 0 Å². The fourth-order valence-corrected chi connectivity index (χ4v) is 1.65. The Bertz CT molecular complexity index is 605. The lowest BCUT2D eigenvalue weighted by molar-refractivity contribution is 0.416. The summed E-state index contributed by atoms with van der Waals surface area (Å²) in [7, 11) is 1.56. The predicted molar refractivity (Wildman–Crippen MR) is 66.0 cm³/mol. The minimum Gasteiger partial charge on any atom is -0.496 e. The Kier molecular flexibility index (Phi) is 2.82. The van der Waals surface area contributed by atoms with E-state index in [2.05, 4.69) is 10.2 Å². The smallest absolute Gasteiger partial charge is 0.272 e. The molecule has 0 atom stereocenters. The molecule has 0 radical (unpaired) electrons. The summed E-state index contributed by atoms with van der Waals surface area (Å²) in [4.78, 5) is 11.7. The van der Waals surface area contributed by atoms with Crippen molar-refractivity contribution in [1.82, 2.24) is 10.2 Å². The Labute approximate surface area is 98.2 Å². The lowest BCUT2D eigenvalue weighted by atomic mass is 10.0. The molecule has 3 N–H and O–H groups in total. The molecule has 0 aliphatic heterocycles. The number of ether oxygens (including phenoxy) is 1. The number of hydrogen-bond donors (Lipinski definition) is 2. The first-order valence-corrected chi connectivity index (χ1v) is 5.12. The van der Waals surface area contributed by atoms with Gasteiger partial charge in [0.25, 0.3) is 5.56 Å². The summed E-state index contributed by atoms with van der Waals surface area (Å²) in [6, 6.07) is 7.15. The first-order chi connectivity index (χ1) is 8.11. The van der Waals surface area contributed by atoms with Crippen molar-refractivity contribution in [2.75, 3.05) is 12.8 Å². The average Bonchev–Trinajstić information content (AvgIpc) is 2.32. The van der Waals surface area contributed by atoms with Crippen molar-refractivity contribution in [2.45, 2.75) is 6.92 Å². The number of hydrogen-bond acceptors (Lipinski definition) is 4. The maximum atomic E-state index is 11.7. The topological polar surface area (TPSA) is 81.0 Å². The van der Waals surface area contributed by atoms with Crippen LogP contribution in [0.15, 0.2) is 29.1 Å². The molecule has 2 rings (SSSR count). The lowest BCUT2D eigenvalue weighted by Crippen LogP contribution is -2.12. The molecule has 0 fully saturated rings. The van der Waals surface area contributed by atoms with E-state index in [9.17, 15) is 4.79 Å². The molecule has 1 aromatic carbocycles. The quantitative estimate of drug-likeness (QED) is 0.817. The maximum absolute atomic E-state index is 11.7. The van der Waals surface area contributed by atoms with E-state index in [0.717, 1.165) is 5.56 Å². The van der Waals surface area contributed by atoms with Gasteiger partial charge in [-0.25, -0.2) is 5.10 Å². The average molecular weight is 231 g/mol. The summed E-state index contributed by atoms with van der Waals surface area (Å²) in [5.74, 6) is 0.898. The molecule has 0 spiro atoms. The number of nitrogens with one attached hydrogen (secondary N) is 1. The first-order valence-electron chi connectivity index (χ1n) is 5.12. The number of H-pyrrole nitrogens is 1. The Morgan fingerprint density at radius 2 is 2.06 bits per heavy atom. The fourth-order valence-electron chi connectivity index (χ4n) is 1.65. The van der Waals surface area contributed by atoms with Crippen LogP contribution in [0.25, 0.3) is 11.1 Å². The van der Waals surface area contributed by atoms with Crippen LogP contribution in [0.5, 0.6) is 5.75 Å². The van der Waals surface area contributed by atoms with Gasteiger partial charge in [-0.1, -0.05) is 11.6 Å². The zero-order valence-corrected chi connectivity index (χ0v) is 9.65. The van der Waals surface area contributed by atoms with Crippen molar-refractivity contribution in [3.63, 3.8) is 0 Å². The number of aromatic amines is 1. The molecule has 0 aliphatic carbocycles. The van der Waals surface area contributed by atoms with Crippen LogP contribution >= 0.6 is 0 Å². The van der Waals surface area contributed by atoms with Crippen molar-refractivity contribution in [1.29, 1.82) is 0 Å². The lowest BCUT2D eigenvalue weighted by Gasteiger charge is -2.09. The van der Waals surface area contributed by atoms with E-state index in [4.69, 9.17) is 10.5 Å². The highest BCUT2D eigenvalue weighted by atomic mass is 16.5. The fraction of sp³-hybridized carbons (Fsp3) is 0.167. The van der Waals surface area contributed by atoms with Crippen LogP contribution in [0.4, 0.5) is 5.82 Å². The molecular formula is C12H13N3O2. The molecule has 0 unspecified atom stereocenters. The van der Waals surface area contributed by atoms with Crippen LogP contribution in [-0.4, -0.2) is 17.3 Å². The second-order valence-corrected chi connectivity index (χ2v) is 3.74. The molecule has 5 nitrogen and oxygen atoms in total. The molecule has 0 saturated heterocycles. The number of nitrogen functional groups attached to an aromatic ring is 1. The highest BCUT2D eigenvalue weighted by molar-refractivity contribution is 5.71. The molecule has 1 aromatic heterocycles. The maximum Gasteiger partial charge on any atom is 0.272 e. The summed E-state index contributed by atoms with van der Waals surface area (Å²) in [6.07, 6.45) is 0. The number of nitrogens with two attached hydrogens (primary N) is 1. The third kappa shape index (κ3) is 2.13. The summed E-state index contributed by atoms with van der Waals surface area (Å²) in [5, 5.41) is 5.99. The van der Waals surface area contributed by atoms with Gasteiger partial charge in [0.05, 0.1) is 12.7 Å². The van der Waals surface area contributed by atoms with Gasteiger partial charge in [-0.05, 0) is 25.1 Å². The van der Waals surface area contributed by atoms with E-state index in [1.165, 1.54) is 6.07 Å². The molecular weight excluding hydrogens is 218 g/mol. The van der Waals surface area contributed by atoms with Gasteiger partial charge >= 0.3 is 0 Å². The Morgan fingerprint density at radius 1 is 1.29 bits per heavy atom. The molecule has 17 heavy (non-hydrogen) atoms. The van der Waals surface area contributed by atoms with Gasteiger partial charge in [0.15, 0.2) is 0 Å². The summed E-state index contributed by atoms with van der Waals surface area (Å²) < 4.78 is 5.24. The van der Waals surface area contributed by atoms with Crippen LogP contribution < -0.4 is 16.0 Å². The number of aromatic nitrogens is 2. The summed E-state index contributed by atoms with van der Waals surface area (Å²) in [6.45, 7) is 1.95. The van der Waals surface area contributed by atoms with Crippen molar-refractivity contribution < 1.29 is 4.74 Å². The summed E-state index contributed by atoms with van der Waals surface area (Å²) in [5.41, 5.74) is 7.49. The van der Waals surface area contributed by atoms with E-state index in [1.54, 1.807) is 7.11 Å². The number of anilines is 1. The zero-order chi connectivity index (χ0) is 12.4. The van der Waals surface area contributed by atoms with E-state index < -0.39 is 0 Å². The van der Waals surface area contributed by atoms with Crippen LogP contribution in [0.3, 0.4) is 0 Å². The number of benzene rings is 1. The number of aryl methyl sites for hydroxylation is 1. The van der Waals surface area contributed by atoms with Crippen LogP contribution in [0, 0.1) is 6.92 Å². The number of nitrogens with zero attached hydrogens (tertiary/aromatic N) is 1. The summed E-state index contributed by atoms with van der Waals surface area (Å²) >= 11 is 0. The van der Waals surface area contributed by atoms with Gasteiger partial charge in [-0.3, -0.25) is 4.79 Å². The van der Waals surface area contributed by atoms with Crippen molar-refractivity contribution >= 4 is 5.82 Å². The predicted octanol–water partition coefficient (Wildman–Crippen LogP) is 1.34. The van der Waals surface area contributed by atoms with Gasteiger partial charge < -0.3 is 10.5 Å². The van der Waals surface area contributed by atoms with Gasteiger partial charge in [-0.15, -0.1) is 0 Å². The van der Waals surface area contributed by atoms with Gasteiger partial charge in [-0.2, -0.15) is 5.10 Å². The van der Waals surface area contributed by atoms with E-state index in [0.29, 0.717) is 16.9 Å². The number of methoxy groups -OCH3 is 1. The highest BCUT2D eigenvalue weighted by Gasteiger charge is 2.10. The second kappa shape index (κ2) is 4.29. The molecule has 0 aliphatic rings.